The third-order valence-corrected chi connectivity index (χ3v) is 6.76. The zero-order valence-electron chi connectivity index (χ0n) is 21.9. The maximum atomic E-state index is 13.4. The van der Waals surface area contributed by atoms with Gasteiger partial charge in [-0.2, -0.15) is 13.2 Å². The maximum Gasteiger partial charge on any atom is 0.416 e. The molecular formula is C29H30F3N5OS. The zero-order valence-corrected chi connectivity index (χ0v) is 22.7. The average Bonchev–Trinajstić information content (AvgIpc) is 3.01. The largest absolute Gasteiger partial charge is 0.416 e. The van der Waals surface area contributed by atoms with Crippen molar-refractivity contribution in [2.24, 2.45) is 4.99 Å². The predicted octanol–water partition coefficient (Wildman–Crippen LogP) is 5.14. The molecule has 1 atom stereocenters. The molecule has 4 rings (SSSR count). The van der Waals surface area contributed by atoms with Crippen LogP contribution in [0.5, 0.6) is 0 Å². The van der Waals surface area contributed by atoms with Crippen molar-refractivity contribution < 1.29 is 18.0 Å². The number of alkyl halides is 3. The zero-order chi connectivity index (χ0) is 28.2. The summed E-state index contributed by atoms with van der Waals surface area (Å²) in [5, 5.41) is 6.31. The fourth-order valence-electron chi connectivity index (χ4n) is 4.44. The van der Waals surface area contributed by atoms with Gasteiger partial charge in [0.05, 0.1) is 17.0 Å². The van der Waals surface area contributed by atoms with Crippen LogP contribution < -0.4 is 20.4 Å². The summed E-state index contributed by atoms with van der Waals surface area (Å²) in [7, 11) is 1.71. The molecule has 0 spiro atoms. The highest BCUT2D eigenvalue weighted by Gasteiger charge is 2.31. The number of thiocarbonyl (C=S) groups is 1. The third-order valence-electron chi connectivity index (χ3n) is 6.49. The molecule has 0 saturated heterocycles. The number of hydrogen-bond acceptors (Lipinski definition) is 4. The second-order valence-corrected chi connectivity index (χ2v) is 9.60. The summed E-state index contributed by atoms with van der Waals surface area (Å²) >= 11 is 5.48. The van der Waals surface area contributed by atoms with Crippen LogP contribution in [0.3, 0.4) is 0 Å². The number of fused-ring (bicyclic) bond motifs is 1. The van der Waals surface area contributed by atoms with Crippen molar-refractivity contribution in [2.75, 3.05) is 36.5 Å². The molecule has 204 valence electrons. The van der Waals surface area contributed by atoms with Gasteiger partial charge in [-0.05, 0) is 56.4 Å². The number of nitrogens with zero attached hydrogens (tertiary/aromatic N) is 3. The molecule has 0 bridgehead atoms. The topological polar surface area (TPSA) is 60.0 Å². The minimum Gasteiger partial charge on any atom is -0.370 e. The van der Waals surface area contributed by atoms with Crippen molar-refractivity contribution >= 4 is 40.3 Å². The molecule has 1 aliphatic rings. The molecule has 3 aromatic carbocycles. The Kier molecular flexibility index (Phi) is 8.54. The van der Waals surface area contributed by atoms with Crippen LogP contribution in [0.1, 0.15) is 29.2 Å². The van der Waals surface area contributed by atoms with E-state index in [-0.39, 0.29) is 11.0 Å². The summed E-state index contributed by atoms with van der Waals surface area (Å²) in [5.74, 6) is -0.269. The van der Waals surface area contributed by atoms with Crippen molar-refractivity contribution in [1.82, 2.24) is 10.6 Å². The highest BCUT2D eigenvalue weighted by atomic mass is 32.1. The number of carbonyl (C=O) groups excluding carboxylic acids is 1. The van der Waals surface area contributed by atoms with Crippen LogP contribution in [0.25, 0.3) is 0 Å². The Balaban J connectivity index is 1.49. The van der Waals surface area contributed by atoms with Gasteiger partial charge < -0.3 is 20.4 Å². The number of hydrogen-bond donors (Lipinski definition) is 2. The summed E-state index contributed by atoms with van der Waals surface area (Å²) in [4.78, 5) is 21.6. The highest BCUT2D eigenvalue weighted by molar-refractivity contribution is 7.80. The number of carbonyl (C=O) groups is 1. The number of aliphatic imine (C=N–C) groups is 1. The first-order valence-electron chi connectivity index (χ1n) is 12.6. The van der Waals surface area contributed by atoms with Crippen LogP contribution in [-0.4, -0.2) is 49.6 Å². The van der Waals surface area contributed by atoms with E-state index in [2.05, 4.69) is 10.6 Å². The van der Waals surface area contributed by atoms with Crippen molar-refractivity contribution in [3.63, 3.8) is 0 Å². The van der Waals surface area contributed by atoms with E-state index in [0.717, 1.165) is 34.5 Å². The first-order chi connectivity index (χ1) is 18.6. The lowest BCUT2D eigenvalue weighted by atomic mass is 9.98. The van der Waals surface area contributed by atoms with Gasteiger partial charge in [0.15, 0.2) is 5.11 Å². The molecule has 2 N–H and O–H groups in total. The minimum atomic E-state index is -4.41. The van der Waals surface area contributed by atoms with E-state index in [9.17, 15) is 18.0 Å². The molecule has 1 heterocycles. The van der Waals surface area contributed by atoms with Crippen molar-refractivity contribution in [3.05, 3.63) is 95.1 Å². The Labute approximate surface area is 231 Å². The first kappa shape index (κ1) is 28.1. The summed E-state index contributed by atoms with van der Waals surface area (Å²) in [6.45, 7) is 5.12. The van der Waals surface area contributed by atoms with Gasteiger partial charge in [-0.1, -0.05) is 48.0 Å². The van der Waals surface area contributed by atoms with E-state index in [1.54, 1.807) is 18.0 Å². The lowest BCUT2D eigenvalue weighted by molar-refractivity contribution is -0.137. The number of likely N-dealkylation sites (N-methyl/N-ethyl adjacent to an activating group) is 2. The standard InChI is InChI=1S/C29H30F3N5OS/c1-4-37(22-12-8-11-21(18-22)29(30,31)32)16-15-33-28(39)35-26-27(38)36(3)24-14-13-19(2)17-23(24)25(34-26)20-9-6-5-7-10-20/h5-14,17-18,26H,4,15-16H2,1-3H3,(H2,33,35,39). The van der Waals surface area contributed by atoms with Gasteiger partial charge in [-0.3, -0.25) is 4.79 Å². The van der Waals surface area contributed by atoms with Gasteiger partial charge in [0.25, 0.3) is 5.91 Å². The summed E-state index contributed by atoms with van der Waals surface area (Å²) in [6.07, 6.45) is -5.38. The van der Waals surface area contributed by atoms with Crippen LogP contribution in [0, 0.1) is 6.92 Å². The average molecular weight is 554 g/mol. The Morgan fingerprint density at radius 1 is 1.08 bits per heavy atom. The third kappa shape index (κ3) is 6.57. The number of anilines is 2. The normalized spacial score (nSPS) is 15.2. The summed E-state index contributed by atoms with van der Waals surface area (Å²) in [6, 6.07) is 20.8. The molecule has 0 aliphatic carbocycles. The minimum absolute atomic E-state index is 0.222. The van der Waals surface area contributed by atoms with E-state index < -0.39 is 17.9 Å². The van der Waals surface area contributed by atoms with Crippen LogP contribution in [0.4, 0.5) is 24.5 Å². The maximum absolute atomic E-state index is 13.4. The van der Waals surface area contributed by atoms with Gasteiger partial charge in [0.2, 0.25) is 6.17 Å². The molecule has 0 fully saturated rings. The quantitative estimate of drug-likeness (QED) is 0.397. The fourth-order valence-corrected chi connectivity index (χ4v) is 4.65. The predicted molar refractivity (Wildman–Crippen MR) is 154 cm³/mol. The fraction of sp³-hybridized carbons (Fsp3) is 0.276. The van der Waals surface area contributed by atoms with E-state index in [4.69, 9.17) is 17.2 Å². The number of amides is 1. The Bertz CT molecular complexity index is 1380. The molecule has 6 nitrogen and oxygen atoms in total. The van der Waals surface area contributed by atoms with Gasteiger partial charge in [0, 0.05) is 43.5 Å². The Morgan fingerprint density at radius 3 is 2.51 bits per heavy atom. The second-order valence-electron chi connectivity index (χ2n) is 9.19. The smallest absolute Gasteiger partial charge is 0.370 e. The number of halogens is 3. The van der Waals surface area contributed by atoms with Crippen molar-refractivity contribution in [2.45, 2.75) is 26.2 Å². The number of benzodiazepines with no additional fused rings is 1. The van der Waals surface area contributed by atoms with Gasteiger partial charge >= 0.3 is 6.18 Å². The van der Waals surface area contributed by atoms with Crippen LogP contribution >= 0.6 is 12.2 Å². The molecule has 1 aliphatic heterocycles. The highest BCUT2D eigenvalue weighted by Crippen LogP contribution is 2.32. The molecule has 1 amide bonds. The van der Waals surface area contributed by atoms with Gasteiger partial charge in [-0.25, -0.2) is 4.99 Å². The summed E-state index contributed by atoms with van der Waals surface area (Å²) in [5.41, 5.74) is 3.97. The lowest BCUT2D eigenvalue weighted by Crippen LogP contribution is -2.50. The van der Waals surface area contributed by atoms with E-state index in [0.29, 0.717) is 31.0 Å². The van der Waals surface area contributed by atoms with Gasteiger partial charge in [-0.15, -0.1) is 0 Å². The molecular weight excluding hydrogens is 523 g/mol. The first-order valence-corrected chi connectivity index (χ1v) is 13.0. The lowest BCUT2D eigenvalue weighted by Gasteiger charge is -2.25. The number of rotatable bonds is 7. The number of benzene rings is 3. The van der Waals surface area contributed by atoms with Crippen molar-refractivity contribution in [1.29, 1.82) is 0 Å². The monoisotopic (exact) mass is 553 g/mol. The Hall–Kier alpha value is -3.92. The van der Waals surface area contributed by atoms with Crippen LogP contribution in [0.2, 0.25) is 0 Å². The molecule has 0 saturated carbocycles. The van der Waals surface area contributed by atoms with E-state index in [1.807, 2.05) is 67.3 Å². The molecule has 1 unspecified atom stereocenters. The SMILES string of the molecule is CCN(CCNC(=S)NC1N=C(c2ccccc2)c2cc(C)ccc2N(C)C1=O)c1cccc(C(F)(F)F)c1. The number of aryl methyl sites for hydroxylation is 1. The molecule has 10 heteroatoms. The molecule has 3 aromatic rings. The van der Waals surface area contributed by atoms with Crippen molar-refractivity contribution in [3.8, 4) is 0 Å². The van der Waals surface area contributed by atoms with E-state index in [1.165, 1.54) is 6.07 Å². The summed E-state index contributed by atoms with van der Waals surface area (Å²) < 4.78 is 39.4. The number of nitrogens with one attached hydrogen (secondary N) is 2. The molecule has 0 aromatic heterocycles. The van der Waals surface area contributed by atoms with Gasteiger partial charge in [0.1, 0.15) is 0 Å². The van der Waals surface area contributed by atoms with Crippen LogP contribution in [-0.2, 0) is 11.0 Å². The molecule has 0 radical (unpaired) electrons. The Morgan fingerprint density at radius 2 is 1.82 bits per heavy atom. The van der Waals surface area contributed by atoms with Crippen LogP contribution in [0.15, 0.2) is 77.8 Å². The van der Waals surface area contributed by atoms with E-state index >= 15 is 0 Å². The molecule has 39 heavy (non-hydrogen) atoms. The second kappa shape index (κ2) is 11.9.